The van der Waals surface area contributed by atoms with E-state index in [1.165, 1.54) is 6.92 Å². The Labute approximate surface area is 166 Å². The van der Waals surface area contributed by atoms with Gasteiger partial charge in [0.15, 0.2) is 0 Å². The van der Waals surface area contributed by atoms with Crippen LogP contribution in [-0.2, 0) is 17.3 Å². The number of aryl methyl sites for hydroxylation is 1. The third-order valence-electron chi connectivity index (χ3n) is 4.74. The Morgan fingerprint density at radius 2 is 2.03 bits per heavy atom. The standard InChI is InChI=1S/C20H22F2N6O/c1-4-28-10-14(13-7-17(24-11(2)29)23-9-16(13)28)15-8-18(25-12-5-6-12)27-19(26-15)20(3,21)22/h7-10,12H,4-6H2,1-3H3,(H,23,24,29)(H,25,26,27). The van der Waals surface area contributed by atoms with Gasteiger partial charge < -0.3 is 15.2 Å². The summed E-state index contributed by atoms with van der Waals surface area (Å²) in [6.45, 7) is 4.85. The molecule has 7 nitrogen and oxygen atoms in total. The van der Waals surface area contributed by atoms with Crippen LogP contribution >= 0.6 is 0 Å². The van der Waals surface area contributed by atoms with E-state index >= 15 is 0 Å². The van der Waals surface area contributed by atoms with Crippen molar-refractivity contribution in [3.8, 4) is 11.3 Å². The fourth-order valence-electron chi connectivity index (χ4n) is 3.19. The molecule has 3 aromatic heterocycles. The number of pyridine rings is 1. The molecule has 1 saturated carbocycles. The quantitative estimate of drug-likeness (QED) is 0.649. The van der Waals surface area contributed by atoms with Gasteiger partial charge in [-0.15, -0.1) is 0 Å². The van der Waals surface area contributed by atoms with Gasteiger partial charge in [-0.25, -0.2) is 15.0 Å². The Kier molecular flexibility index (Phi) is 4.68. The number of carbonyl (C=O) groups is 1. The molecular weight excluding hydrogens is 378 g/mol. The topological polar surface area (TPSA) is 84.7 Å². The van der Waals surface area contributed by atoms with Crippen molar-refractivity contribution < 1.29 is 13.6 Å². The second-order valence-corrected chi connectivity index (χ2v) is 7.37. The second kappa shape index (κ2) is 7.06. The van der Waals surface area contributed by atoms with Crippen molar-refractivity contribution in [3.05, 3.63) is 30.4 Å². The first-order valence-corrected chi connectivity index (χ1v) is 9.55. The SMILES string of the molecule is CCn1cc(-c2cc(NC3CC3)nc(C(C)(F)F)n2)c2cc(NC(C)=O)ncc21. The third kappa shape index (κ3) is 4.03. The molecule has 0 radical (unpaired) electrons. The van der Waals surface area contributed by atoms with Crippen LogP contribution in [-0.4, -0.2) is 31.5 Å². The van der Waals surface area contributed by atoms with Gasteiger partial charge in [0.05, 0.1) is 17.4 Å². The van der Waals surface area contributed by atoms with Crippen molar-refractivity contribution in [2.75, 3.05) is 10.6 Å². The summed E-state index contributed by atoms with van der Waals surface area (Å²) < 4.78 is 30.1. The fourth-order valence-corrected chi connectivity index (χ4v) is 3.19. The molecule has 1 aliphatic rings. The molecule has 0 aromatic carbocycles. The average molecular weight is 400 g/mol. The maximum Gasteiger partial charge on any atom is 0.303 e. The molecule has 1 fully saturated rings. The molecule has 29 heavy (non-hydrogen) atoms. The van der Waals surface area contributed by atoms with E-state index in [-0.39, 0.29) is 11.9 Å². The van der Waals surface area contributed by atoms with Gasteiger partial charge in [0, 0.05) is 49.6 Å². The van der Waals surface area contributed by atoms with Crippen molar-refractivity contribution in [1.82, 2.24) is 19.5 Å². The molecule has 0 atom stereocenters. The van der Waals surface area contributed by atoms with E-state index < -0.39 is 11.7 Å². The number of fused-ring (bicyclic) bond motifs is 1. The number of carbonyl (C=O) groups excluding carboxylic acids is 1. The van der Waals surface area contributed by atoms with Crippen LogP contribution in [0.25, 0.3) is 22.2 Å². The van der Waals surface area contributed by atoms with Gasteiger partial charge in [-0.05, 0) is 25.8 Å². The average Bonchev–Trinajstić information content (AvgIpc) is 3.38. The summed E-state index contributed by atoms with van der Waals surface area (Å²) in [5, 5.41) is 6.61. The summed E-state index contributed by atoms with van der Waals surface area (Å²) in [6.07, 6.45) is 5.52. The van der Waals surface area contributed by atoms with Crippen LogP contribution in [0.4, 0.5) is 20.4 Å². The summed E-state index contributed by atoms with van der Waals surface area (Å²) >= 11 is 0. The van der Waals surface area contributed by atoms with E-state index in [9.17, 15) is 13.6 Å². The van der Waals surface area contributed by atoms with Gasteiger partial charge in [0.25, 0.3) is 0 Å². The lowest BCUT2D eigenvalue weighted by Gasteiger charge is -2.13. The van der Waals surface area contributed by atoms with Crippen LogP contribution in [0.1, 0.15) is 39.4 Å². The molecule has 1 aliphatic carbocycles. The van der Waals surface area contributed by atoms with Crippen LogP contribution in [0.3, 0.4) is 0 Å². The van der Waals surface area contributed by atoms with Crippen LogP contribution in [0, 0.1) is 0 Å². The van der Waals surface area contributed by atoms with Gasteiger partial charge >= 0.3 is 5.92 Å². The van der Waals surface area contributed by atoms with Crippen molar-refractivity contribution in [1.29, 1.82) is 0 Å². The van der Waals surface area contributed by atoms with Gasteiger partial charge in [-0.3, -0.25) is 4.79 Å². The van der Waals surface area contributed by atoms with Gasteiger partial charge in [-0.2, -0.15) is 8.78 Å². The largest absolute Gasteiger partial charge is 0.367 e. The van der Waals surface area contributed by atoms with E-state index in [0.29, 0.717) is 29.4 Å². The summed E-state index contributed by atoms with van der Waals surface area (Å²) in [6, 6.07) is 3.70. The van der Waals surface area contributed by atoms with E-state index in [4.69, 9.17) is 0 Å². The first-order valence-electron chi connectivity index (χ1n) is 9.55. The number of halogens is 2. The summed E-state index contributed by atoms with van der Waals surface area (Å²) in [4.78, 5) is 23.9. The minimum Gasteiger partial charge on any atom is -0.367 e. The zero-order valence-electron chi connectivity index (χ0n) is 16.5. The minimum absolute atomic E-state index is 0.237. The number of aromatic nitrogens is 4. The molecule has 3 heterocycles. The van der Waals surface area contributed by atoms with Crippen LogP contribution in [0.15, 0.2) is 24.5 Å². The number of anilines is 2. The number of hydrogen-bond donors (Lipinski definition) is 2. The van der Waals surface area contributed by atoms with Gasteiger partial charge in [0.2, 0.25) is 11.7 Å². The monoisotopic (exact) mass is 400 g/mol. The lowest BCUT2D eigenvalue weighted by atomic mass is 10.1. The summed E-state index contributed by atoms with van der Waals surface area (Å²) in [5.74, 6) is -3.14. The van der Waals surface area contributed by atoms with E-state index in [1.807, 2.05) is 17.7 Å². The first kappa shape index (κ1) is 19.2. The normalized spacial score (nSPS) is 14.2. The van der Waals surface area contributed by atoms with E-state index in [1.54, 1.807) is 18.3 Å². The highest BCUT2D eigenvalue weighted by Gasteiger charge is 2.31. The molecular formula is C20H22F2N6O. The lowest BCUT2D eigenvalue weighted by Crippen LogP contribution is -2.15. The maximum absolute atomic E-state index is 14.1. The second-order valence-electron chi connectivity index (χ2n) is 7.37. The molecule has 0 bridgehead atoms. The number of rotatable bonds is 6. The lowest BCUT2D eigenvalue weighted by molar-refractivity contribution is -0.114. The number of nitrogens with one attached hydrogen (secondary N) is 2. The number of hydrogen-bond acceptors (Lipinski definition) is 5. The molecule has 3 aromatic rings. The third-order valence-corrected chi connectivity index (χ3v) is 4.74. The molecule has 0 spiro atoms. The number of amides is 1. The van der Waals surface area contributed by atoms with Gasteiger partial charge in [0.1, 0.15) is 11.6 Å². The maximum atomic E-state index is 14.1. The minimum atomic E-state index is -3.16. The highest BCUT2D eigenvalue weighted by atomic mass is 19.3. The predicted octanol–water partition coefficient (Wildman–Crippen LogP) is 4.16. The Morgan fingerprint density at radius 3 is 2.66 bits per heavy atom. The molecule has 0 unspecified atom stereocenters. The van der Waals surface area contributed by atoms with E-state index in [2.05, 4.69) is 25.6 Å². The van der Waals surface area contributed by atoms with Crippen molar-refractivity contribution >= 4 is 28.4 Å². The Balaban J connectivity index is 1.89. The van der Waals surface area contributed by atoms with Crippen molar-refractivity contribution in [2.45, 2.75) is 52.1 Å². The zero-order chi connectivity index (χ0) is 20.8. The molecule has 2 N–H and O–H groups in total. The Morgan fingerprint density at radius 1 is 1.28 bits per heavy atom. The Bertz CT molecular complexity index is 1080. The molecule has 0 aliphatic heterocycles. The number of nitrogens with zero attached hydrogens (tertiary/aromatic N) is 4. The zero-order valence-corrected chi connectivity index (χ0v) is 16.5. The smallest absolute Gasteiger partial charge is 0.303 e. The highest BCUT2D eigenvalue weighted by molar-refractivity contribution is 5.98. The van der Waals surface area contributed by atoms with Crippen LogP contribution in [0.2, 0.25) is 0 Å². The van der Waals surface area contributed by atoms with Crippen LogP contribution < -0.4 is 10.6 Å². The number of alkyl halides is 2. The van der Waals surface area contributed by atoms with Gasteiger partial charge in [-0.1, -0.05) is 0 Å². The summed E-state index contributed by atoms with van der Waals surface area (Å²) in [5.41, 5.74) is 1.91. The Hall–Kier alpha value is -3.10. The fraction of sp³-hybridized carbons (Fsp3) is 0.400. The molecule has 9 heteroatoms. The molecule has 1 amide bonds. The predicted molar refractivity (Wildman–Crippen MR) is 107 cm³/mol. The molecule has 0 saturated heterocycles. The first-order chi connectivity index (χ1) is 13.7. The summed E-state index contributed by atoms with van der Waals surface area (Å²) in [7, 11) is 0. The molecule has 152 valence electrons. The molecule has 4 rings (SSSR count). The van der Waals surface area contributed by atoms with Crippen molar-refractivity contribution in [2.24, 2.45) is 0 Å². The van der Waals surface area contributed by atoms with E-state index in [0.717, 1.165) is 30.7 Å². The van der Waals surface area contributed by atoms with Crippen molar-refractivity contribution in [3.63, 3.8) is 0 Å². The van der Waals surface area contributed by atoms with Crippen LogP contribution in [0.5, 0.6) is 0 Å². The highest BCUT2D eigenvalue weighted by Crippen LogP contribution is 2.35.